The minimum absolute atomic E-state index is 0.0479. The third-order valence-electron chi connectivity index (χ3n) is 21.3. The van der Waals surface area contributed by atoms with Crippen LogP contribution in [0.4, 0.5) is 0 Å². The van der Waals surface area contributed by atoms with Gasteiger partial charge in [0, 0.05) is 89.0 Å². The van der Waals surface area contributed by atoms with Crippen molar-refractivity contribution in [1.82, 2.24) is 65.8 Å². The SMILES string of the molecule is CCC1=C(C)c2cc3[nH]c(cc4nc(cc5[nH]c(cc1n2)c(C)c5CCC(=O)NCCCC[C@H](NC(=O)CCc1c(C)c2cc5nc(cc6[nH]c(cc7nc(cc1[nH]2)C(CCC(=O)OC)=C7C)c(C)c6CC)C(C)=C5CC)C(=O)N[C@@H](Cc1c[nH]cn1)C(=O)O)C(CCC(=O)OC)=C4C)c(C)c3CC. The Balaban J connectivity index is 0.853. The lowest BCUT2D eigenvalue weighted by atomic mass is 10.00. The number of hydrogen-bond acceptors (Lipinski definition) is 13. The molecule has 11 heterocycles. The molecule has 0 fully saturated rings. The van der Waals surface area contributed by atoms with Crippen molar-refractivity contribution in [2.75, 3.05) is 20.8 Å². The third kappa shape index (κ3) is 15.9. The molecule has 7 aromatic heterocycles. The molecule has 544 valence electrons. The Morgan fingerprint density at radius 2 is 0.827 bits per heavy atom. The van der Waals surface area contributed by atoms with Crippen LogP contribution in [0.5, 0.6) is 0 Å². The highest BCUT2D eigenvalue weighted by atomic mass is 16.5. The van der Waals surface area contributed by atoms with E-state index in [4.69, 9.17) is 29.4 Å². The summed E-state index contributed by atoms with van der Waals surface area (Å²) in [5.74, 6) is -3.22. The first-order chi connectivity index (χ1) is 49.9. The molecule has 22 heteroatoms. The van der Waals surface area contributed by atoms with Crippen molar-refractivity contribution in [2.24, 2.45) is 0 Å². The molecule has 0 radical (unpaired) electrons. The van der Waals surface area contributed by atoms with Crippen LogP contribution in [0.3, 0.4) is 0 Å². The topological polar surface area (TPSA) is 321 Å². The van der Waals surface area contributed by atoms with Gasteiger partial charge >= 0.3 is 17.9 Å². The molecule has 0 unspecified atom stereocenters. The second-order valence-corrected chi connectivity index (χ2v) is 27.5. The van der Waals surface area contributed by atoms with Gasteiger partial charge in [-0.1, -0.05) is 27.7 Å². The Bertz CT molecular complexity index is 5090. The number of aromatic amines is 5. The smallest absolute Gasteiger partial charge is 0.326 e. The van der Waals surface area contributed by atoms with Gasteiger partial charge in [0.1, 0.15) is 12.1 Å². The second-order valence-electron chi connectivity index (χ2n) is 27.5. The number of carboxylic acid groups (broad SMARTS) is 1. The third-order valence-corrected chi connectivity index (χ3v) is 21.3. The fourth-order valence-corrected chi connectivity index (χ4v) is 15.1. The number of fused-ring (bicyclic) bond motifs is 16. The van der Waals surface area contributed by atoms with E-state index in [1.807, 2.05) is 39.8 Å². The highest BCUT2D eigenvalue weighted by molar-refractivity contribution is 5.98. The summed E-state index contributed by atoms with van der Waals surface area (Å²) in [6.07, 6.45) is 8.80. The number of aliphatic carboxylic acids is 1. The van der Waals surface area contributed by atoms with E-state index in [1.54, 1.807) is 6.20 Å². The van der Waals surface area contributed by atoms with Gasteiger partial charge in [-0.05, 0) is 264 Å². The number of unbranched alkanes of at least 4 members (excludes halogenated alkanes) is 1. The van der Waals surface area contributed by atoms with Crippen molar-refractivity contribution < 1.29 is 43.3 Å². The maximum Gasteiger partial charge on any atom is 0.326 e. The Morgan fingerprint density at radius 1 is 0.442 bits per heavy atom. The van der Waals surface area contributed by atoms with Crippen LogP contribution in [0, 0.1) is 27.7 Å². The number of ether oxygens (including phenoxy) is 2. The normalized spacial score (nSPS) is 13.6. The Kier molecular flexibility index (Phi) is 23.1. The molecule has 0 aromatic carbocycles. The van der Waals surface area contributed by atoms with Crippen molar-refractivity contribution in [3.05, 3.63) is 157 Å². The van der Waals surface area contributed by atoms with E-state index in [2.05, 4.69) is 138 Å². The van der Waals surface area contributed by atoms with Crippen LogP contribution < -0.4 is 16.0 Å². The molecule has 22 nitrogen and oxygen atoms in total. The minimum atomic E-state index is -1.35. The molecule has 2 atom stereocenters. The van der Waals surface area contributed by atoms with Crippen LogP contribution in [-0.4, -0.2) is 123 Å². The van der Waals surface area contributed by atoms with Crippen molar-refractivity contribution in [3.63, 3.8) is 0 Å². The Labute approximate surface area is 606 Å². The number of methoxy groups -OCH3 is 2. The molecule has 0 aliphatic carbocycles. The van der Waals surface area contributed by atoms with Gasteiger partial charge in [-0.25, -0.2) is 29.7 Å². The second kappa shape index (κ2) is 32.3. The molecular weight excluding hydrogens is 1310 g/mol. The zero-order valence-corrected chi connectivity index (χ0v) is 62.4. The fraction of sp³-hybridized carbons (Fsp3) is 0.402. The number of nitrogens with one attached hydrogen (secondary N) is 8. The number of allylic oxidation sites excluding steroid dienone is 8. The lowest BCUT2D eigenvalue weighted by Gasteiger charge is -2.21. The number of nitrogens with zero attached hydrogens (tertiary/aromatic N) is 5. The summed E-state index contributed by atoms with van der Waals surface area (Å²) in [5.41, 5.74) is 30.2. The predicted molar refractivity (Wildman–Crippen MR) is 410 cm³/mol. The molecule has 104 heavy (non-hydrogen) atoms. The number of esters is 2. The number of aromatic nitrogens is 10. The van der Waals surface area contributed by atoms with E-state index in [0.29, 0.717) is 54.7 Å². The Morgan fingerprint density at radius 3 is 1.23 bits per heavy atom. The molecule has 3 amide bonds. The van der Waals surface area contributed by atoms with Gasteiger partial charge in [0.05, 0.1) is 71.8 Å². The summed E-state index contributed by atoms with van der Waals surface area (Å²) < 4.78 is 10.2. The molecule has 16 bridgehead atoms. The molecule has 4 aliphatic rings. The summed E-state index contributed by atoms with van der Waals surface area (Å²) in [6, 6.07) is 14.1. The van der Waals surface area contributed by atoms with Gasteiger partial charge in [0.2, 0.25) is 17.7 Å². The van der Waals surface area contributed by atoms with Crippen molar-refractivity contribution >= 4 is 124 Å². The minimum Gasteiger partial charge on any atom is -0.480 e. The largest absolute Gasteiger partial charge is 0.480 e. The molecular formula is C82H97N13O9. The average molecular weight is 1410 g/mol. The number of imidazole rings is 1. The summed E-state index contributed by atoms with van der Waals surface area (Å²) in [7, 11) is 2.77. The van der Waals surface area contributed by atoms with Crippen molar-refractivity contribution in [3.8, 4) is 0 Å². The maximum atomic E-state index is 14.5. The quantitative estimate of drug-likeness (QED) is 0.0171. The van der Waals surface area contributed by atoms with E-state index in [-0.39, 0.29) is 69.3 Å². The summed E-state index contributed by atoms with van der Waals surface area (Å²) in [5, 5.41) is 19.1. The first kappa shape index (κ1) is 74.4. The first-order valence-electron chi connectivity index (χ1n) is 36.4. The highest BCUT2D eigenvalue weighted by Crippen LogP contribution is 2.40. The average Bonchev–Trinajstić information content (AvgIpc) is 1.62. The standard InChI is InChI=1S/C82H97N13O9/c1-15-51-42(5)60-32-62-48(11)57(24-28-79(98)103-13)74(90-62)38-72-55(46(9)66(92-72)36-70-53(17-3)44(7)64(88-70)34-68(51)86-60)22-26-77(96)84-30-20-19-21-59(81(100)95-76(82(101)102)31-50-40-83-41-85-50)94-78(97)27-23-56-47(10)67-37-71-54(18-4)45(8)65(89-71)35-69-52(16-2)43(6)61(87-69)33-63-49(12)58(25-29-80(99)104-14)75(91-63)39-73(56)93-67/h32-41,59,76,86-87,92-93H,15-31H2,1-14H3,(H,83,85)(H,84,96)(H,94,97)(H,95,100)(H,101,102)/t59-,76-/m0/s1. The number of carbonyl (C=O) groups excluding carboxylic acids is 5. The molecule has 7 aromatic rings. The van der Waals surface area contributed by atoms with Crippen molar-refractivity contribution in [2.45, 2.75) is 198 Å². The monoisotopic (exact) mass is 1410 g/mol. The molecule has 0 spiro atoms. The summed E-state index contributed by atoms with van der Waals surface area (Å²) >= 11 is 0. The number of rotatable bonds is 27. The highest BCUT2D eigenvalue weighted by Gasteiger charge is 2.29. The summed E-state index contributed by atoms with van der Waals surface area (Å²) in [6.45, 7) is 25.4. The number of aryl methyl sites for hydroxylation is 8. The van der Waals surface area contributed by atoms with Crippen LogP contribution >= 0.6 is 0 Å². The van der Waals surface area contributed by atoms with E-state index < -0.39 is 29.9 Å². The van der Waals surface area contributed by atoms with Crippen LogP contribution in [0.15, 0.2) is 61.1 Å². The lowest BCUT2D eigenvalue weighted by Crippen LogP contribution is -2.52. The van der Waals surface area contributed by atoms with Crippen LogP contribution in [0.25, 0.3) is 88.7 Å². The van der Waals surface area contributed by atoms with Gasteiger partial charge in [-0.3, -0.25) is 24.0 Å². The molecule has 4 aliphatic heterocycles. The number of amides is 3. The van der Waals surface area contributed by atoms with Gasteiger partial charge < -0.3 is 55.5 Å². The molecule has 11 rings (SSSR count). The predicted octanol–water partition coefficient (Wildman–Crippen LogP) is 14.6. The number of hydrogen-bond donors (Lipinski definition) is 9. The van der Waals surface area contributed by atoms with Gasteiger partial charge in [0.15, 0.2) is 0 Å². The zero-order valence-electron chi connectivity index (χ0n) is 62.4. The van der Waals surface area contributed by atoms with Crippen molar-refractivity contribution in [1.29, 1.82) is 0 Å². The van der Waals surface area contributed by atoms with Gasteiger partial charge in [0.25, 0.3) is 0 Å². The van der Waals surface area contributed by atoms with E-state index in [1.165, 1.54) is 31.7 Å². The van der Waals surface area contributed by atoms with Crippen LogP contribution in [0.2, 0.25) is 0 Å². The zero-order chi connectivity index (χ0) is 74.4. The van der Waals surface area contributed by atoms with Crippen LogP contribution in [0.1, 0.15) is 222 Å². The van der Waals surface area contributed by atoms with E-state index in [0.717, 1.165) is 176 Å². The number of carboxylic acids is 1. The van der Waals surface area contributed by atoms with Crippen LogP contribution in [-0.2, 0) is 70.3 Å². The maximum absolute atomic E-state index is 14.5. The van der Waals surface area contributed by atoms with Gasteiger partial charge in [-0.2, -0.15) is 0 Å². The molecule has 9 N–H and O–H groups in total. The molecule has 0 saturated heterocycles. The molecule has 0 saturated carbocycles. The van der Waals surface area contributed by atoms with E-state index in [9.17, 15) is 33.9 Å². The summed E-state index contributed by atoms with van der Waals surface area (Å²) in [4.78, 5) is 124. The fourth-order valence-electron chi connectivity index (χ4n) is 15.1. The van der Waals surface area contributed by atoms with E-state index >= 15 is 0 Å². The van der Waals surface area contributed by atoms with Gasteiger partial charge in [-0.15, -0.1) is 0 Å². The lowest BCUT2D eigenvalue weighted by molar-refractivity contribution is -0.142. The number of carbonyl (C=O) groups is 6. The number of H-pyrrole nitrogens is 5. The Hall–Kier alpha value is -10.8. The first-order valence-corrected chi connectivity index (χ1v) is 36.4.